The number of nitrogens with zero attached hydrogens (tertiary/aromatic N) is 1. The number of hydrogen-bond acceptors (Lipinski definition) is 4. The molecule has 0 aliphatic rings. The minimum absolute atomic E-state index is 0.411. The van der Waals surface area contributed by atoms with Crippen LogP contribution in [0.4, 0.5) is 0 Å². The van der Waals surface area contributed by atoms with Crippen LogP contribution in [0.3, 0.4) is 0 Å². The van der Waals surface area contributed by atoms with Gasteiger partial charge in [0, 0.05) is 5.54 Å². The molecule has 1 aromatic rings. The average molecular weight is 281 g/mol. The van der Waals surface area contributed by atoms with E-state index < -0.39 is 11.6 Å². The summed E-state index contributed by atoms with van der Waals surface area (Å²) in [5.41, 5.74) is 0.292. The third-order valence-electron chi connectivity index (χ3n) is 3.99. The van der Waals surface area contributed by atoms with E-state index in [0.29, 0.717) is 17.1 Å². The van der Waals surface area contributed by atoms with Crippen molar-refractivity contribution in [2.24, 2.45) is 0 Å². The third kappa shape index (κ3) is 3.07. The molecule has 1 unspecified atom stereocenters. The zero-order valence-corrected chi connectivity index (χ0v) is 13.4. The lowest BCUT2D eigenvalue weighted by Crippen LogP contribution is -2.48. The van der Waals surface area contributed by atoms with Gasteiger partial charge in [-0.25, -0.2) is 0 Å². The lowest BCUT2D eigenvalue weighted by Gasteiger charge is -2.41. The maximum atomic E-state index is 10.9. The summed E-state index contributed by atoms with van der Waals surface area (Å²) in [5.74, 6) is 1.30. The van der Waals surface area contributed by atoms with Crippen molar-refractivity contribution in [3.05, 3.63) is 23.8 Å². The summed E-state index contributed by atoms with van der Waals surface area (Å²) in [6, 6.07) is 5.55. The predicted octanol–water partition coefficient (Wildman–Crippen LogP) is 2.86. The maximum absolute atomic E-state index is 10.9. The van der Waals surface area contributed by atoms with Crippen LogP contribution < -0.4 is 9.47 Å². The van der Waals surface area contributed by atoms with Crippen LogP contribution in [-0.2, 0) is 0 Å². The fraction of sp³-hybridized carbons (Fsp3) is 0.625. The smallest absolute Gasteiger partial charge is 0.128 e. The van der Waals surface area contributed by atoms with Gasteiger partial charge in [0.25, 0.3) is 0 Å². The summed E-state index contributed by atoms with van der Waals surface area (Å²) in [5, 5.41) is 10.9. The highest BCUT2D eigenvalue weighted by Gasteiger charge is 2.37. The predicted molar refractivity (Wildman–Crippen MR) is 81.5 cm³/mol. The molecule has 0 saturated heterocycles. The van der Waals surface area contributed by atoms with Crippen molar-refractivity contribution >= 4 is 0 Å². The quantitative estimate of drug-likeness (QED) is 0.834. The van der Waals surface area contributed by atoms with Crippen LogP contribution in [0, 0.1) is 0 Å². The second-order valence-corrected chi connectivity index (χ2v) is 5.30. The van der Waals surface area contributed by atoms with Crippen molar-refractivity contribution in [2.45, 2.75) is 39.3 Å². The first kappa shape index (κ1) is 16.8. The Morgan fingerprint density at radius 1 is 1.10 bits per heavy atom. The average Bonchev–Trinajstić information content (AvgIpc) is 2.46. The lowest BCUT2D eigenvalue weighted by atomic mass is 9.88. The second-order valence-electron chi connectivity index (χ2n) is 5.30. The van der Waals surface area contributed by atoms with Crippen molar-refractivity contribution in [3.63, 3.8) is 0 Å². The SMILES string of the molecule is CCN(CC)C(C)(C)C(O)c1c(OC)cccc1OC. The van der Waals surface area contributed by atoms with E-state index in [0.717, 1.165) is 13.1 Å². The van der Waals surface area contributed by atoms with E-state index in [1.54, 1.807) is 14.2 Å². The molecule has 4 nitrogen and oxygen atoms in total. The highest BCUT2D eigenvalue weighted by Crippen LogP contribution is 2.41. The van der Waals surface area contributed by atoms with Crippen LogP contribution in [0.15, 0.2) is 18.2 Å². The van der Waals surface area contributed by atoms with Gasteiger partial charge in [-0.2, -0.15) is 0 Å². The van der Waals surface area contributed by atoms with E-state index in [9.17, 15) is 5.11 Å². The van der Waals surface area contributed by atoms with Crippen molar-refractivity contribution in [2.75, 3.05) is 27.3 Å². The molecular weight excluding hydrogens is 254 g/mol. The number of rotatable bonds is 7. The Labute approximate surface area is 122 Å². The van der Waals surface area contributed by atoms with E-state index in [-0.39, 0.29) is 0 Å². The summed E-state index contributed by atoms with van der Waals surface area (Å²) >= 11 is 0. The monoisotopic (exact) mass is 281 g/mol. The van der Waals surface area contributed by atoms with Crippen molar-refractivity contribution in [1.82, 2.24) is 4.90 Å². The summed E-state index contributed by atoms with van der Waals surface area (Å²) in [6.45, 7) is 10.0. The Kier molecular flexibility index (Phi) is 5.84. The molecule has 0 radical (unpaired) electrons. The summed E-state index contributed by atoms with van der Waals surface area (Å²) in [7, 11) is 3.21. The Hall–Kier alpha value is -1.26. The molecular formula is C16H27NO3. The summed E-state index contributed by atoms with van der Waals surface area (Å²) < 4.78 is 10.8. The first-order valence-electron chi connectivity index (χ1n) is 7.07. The largest absolute Gasteiger partial charge is 0.496 e. The summed E-state index contributed by atoms with van der Waals surface area (Å²) in [6.07, 6.45) is -0.700. The summed E-state index contributed by atoms with van der Waals surface area (Å²) in [4.78, 5) is 2.23. The van der Waals surface area contributed by atoms with Crippen LogP contribution >= 0.6 is 0 Å². The zero-order chi connectivity index (χ0) is 15.3. The number of aliphatic hydroxyl groups is 1. The van der Waals surface area contributed by atoms with Crippen molar-refractivity contribution in [3.8, 4) is 11.5 Å². The minimum Gasteiger partial charge on any atom is -0.496 e. The molecule has 0 bridgehead atoms. The highest BCUT2D eigenvalue weighted by atomic mass is 16.5. The number of likely N-dealkylation sites (N-methyl/N-ethyl adjacent to an activating group) is 1. The molecule has 0 fully saturated rings. The second kappa shape index (κ2) is 6.95. The van der Waals surface area contributed by atoms with E-state index in [2.05, 4.69) is 18.7 Å². The molecule has 114 valence electrons. The Morgan fingerprint density at radius 3 is 1.90 bits per heavy atom. The molecule has 0 amide bonds. The number of ether oxygens (including phenoxy) is 2. The van der Waals surface area contributed by atoms with Gasteiger partial charge in [0.05, 0.1) is 19.8 Å². The fourth-order valence-electron chi connectivity index (χ4n) is 2.71. The van der Waals surface area contributed by atoms with E-state index >= 15 is 0 Å². The molecule has 1 rings (SSSR count). The first-order valence-corrected chi connectivity index (χ1v) is 7.07. The van der Waals surface area contributed by atoms with E-state index in [4.69, 9.17) is 9.47 Å². The third-order valence-corrected chi connectivity index (χ3v) is 3.99. The molecule has 20 heavy (non-hydrogen) atoms. The molecule has 0 saturated carbocycles. The molecule has 0 heterocycles. The van der Waals surface area contributed by atoms with E-state index in [1.807, 2.05) is 32.0 Å². The molecule has 0 aliphatic carbocycles. The first-order chi connectivity index (χ1) is 9.43. The number of hydrogen-bond donors (Lipinski definition) is 1. The van der Waals surface area contributed by atoms with Gasteiger partial charge in [-0.05, 0) is 39.1 Å². The maximum Gasteiger partial charge on any atom is 0.128 e. The fourth-order valence-corrected chi connectivity index (χ4v) is 2.71. The van der Waals surface area contributed by atoms with Gasteiger partial charge in [-0.15, -0.1) is 0 Å². The molecule has 4 heteroatoms. The van der Waals surface area contributed by atoms with Gasteiger partial charge in [-0.3, -0.25) is 4.90 Å². The van der Waals surface area contributed by atoms with Crippen LogP contribution in [0.2, 0.25) is 0 Å². The molecule has 1 aromatic carbocycles. The molecule has 1 N–H and O–H groups in total. The van der Waals surface area contributed by atoms with Crippen molar-refractivity contribution in [1.29, 1.82) is 0 Å². The van der Waals surface area contributed by atoms with Gasteiger partial charge in [0.15, 0.2) is 0 Å². The molecule has 0 spiro atoms. The van der Waals surface area contributed by atoms with Crippen LogP contribution in [0.25, 0.3) is 0 Å². The molecule has 0 aliphatic heterocycles. The van der Waals surface area contributed by atoms with Gasteiger partial charge in [-0.1, -0.05) is 19.9 Å². The molecule has 0 aromatic heterocycles. The minimum atomic E-state index is -0.700. The molecule has 1 atom stereocenters. The Balaban J connectivity index is 3.29. The number of benzene rings is 1. The standard InChI is InChI=1S/C16H27NO3/c1-7-17(8-2)16(3,4)15(18)14-12(19-5)10-9-11-13(14)20-6/h9-11,15,18H,7-8H2,1-6H3. The normalized spacial score (nSPS) is 13.4. The zero-order valence-electron chi connectivity index (χ0n) is 13.4. The van der Waals surface area contributed by atoms with Gasteiger partial charge in [0.2, 0.25) is 0 Å². The Morgan fingerprint density at radius 2 is 1.55 bits per heavy atom. The Bertz CT molecular complexity index is 405. The lowest BCUT2D eigenvalue weighted by molar-refractivity contribution is -0.00862. The number of aliphatic hydroxyl groups excluding tert-OH is 1. The number of methoxy groups -OCH3 is 2. The van der Waals surface area contributed by atoms with Crippen LogP contribution in [0.5, 0.6) is 11.5 Å². The van der Waals surface area contributed by atoms with Gasteiger partial charge >= 0.3 is 0 Å². The van der Waals surface area contributed by atoms with E-state index in [1.165, 1.54) is 0 Å². The van der Waals surface area contributed by atoms with Gasteiger partial charge < -0.3 is 14.6 Å². The highest BCUT2D eigenvalue weighted by molar-refractivity contribution is 5.47. The van der Waals surface area contributed by atoms with Crippen molar-refractivity contribution < 1.29 is 14.6 Å². The topological polar surface area (TPSA) is 41.9 Å². The van der Waals surface area contributed by atoms with Crippen LogP contribution in [0.1, 0.15) is 39.4 Å². The van der Waals surface area contributed by atoms with Gasteiger partial charge in [0.1, 0.15) is 17.6 Å². The van der Waals surface area contributed by atoms with Crippen LogP contribution in [-0.4, -0.2) is 42.9 Å².